The molecule has 1 aliphatic heterocycles. The Morgan fingerprint density at radius 2 is 1.93 bits per heavy atom. The first kappa shape index (κ1) is 21.1. The highest BCUT2D eigenvalue weighted by molar-refractivity contribution is 9.10. The molecule has 1 N–H and O–H groups in total. The number of aliphatic hydroxyl groups excluding tert-OH is 1. The van der Waals surface area contributed by atoms with E-state index < -0.39 is 0 Å². The molecule has 0 spiro atoms. The molecule has 1 aliphatic rings. The molecule has 0 aliphatic carbocycles. The molecule has 6 heteroatoms. The predicted molar refractivity (Wildman–Crippen MR) is 111 cm³/mol. The molecule has 4 atom stereocenters. The van der Waals surface area contributed by atoms with Gasteiger partial charge in [-0.3, -0.25) is 0 Å². The highest BCUT2D eigenvalue weighted by Gasteiger charge is 2.38. The zero-order chi connectivity index (χ0) is 20.1. The van der Waals surface area contributed by atoms with Crippen molar-refractivity contribution in [2.24, 2.45) is 5.92 Å². The number of halogens is 1. The largest absolute Gasteiger partial charge is 0.492 e. The average Bonchev–Trinajstić information content (AvgIpc) is 2.72. The minimum absolute atomic E-state index is 0.0879. The van der Waals surface area contributed by atoms with Gasteiger partial charge in [0.15, 0.2) is 11.5 Å². The fourth-order valence-corrected chi connectivity index (χ4v) is 4.16. The molecule has 0 bridgehead atoms. The molecular weight excluding hydrogens is 424 g/mol. The quantitative estimate of drug-likeness (QED) is 0.672. The number of rotatable bonds is 7. The van der Waals surface area contributed by atoms with E-state index in [1.807, 2.05) is 42.5 Å². The highest BCUT2D eigenvalue weighted by Crippen LogP contribution is 2.45. The van der Waals surface area contributed by atoms with E-state index in [9.17, 15) is 5.11 Å². The summed E-state index contributed by atoms with van der Waals surface area (Å²) in [5.41, 5.74) is 1.98. The monoisotopic (exact) mass is 450 g/mol. The smallest absolute Gasteiger partial charge is 0.166 e. The third-order valence-corrected chi connectivity index (χ3v) is 5.59. The molecule has 0 amide bonds. The van der Waals surface area contributed by atoms with Crippen LogP contribution in [-0.2, 0) is 16.1 Å². The topological polar surface area (TPSA) is 57.2 Å². The summed E-state index contributed by atoms with van der Waals surface area (Å²) in [6.45, 7) is 2.48. The van der Waals surface area contributed by atoms with Crippen LogP contribution in [0.3, 0.4) is 0 Å². The molecule has 28 heavy (non-hydrogen) atoms. The summed E-state index contributed by atoms with van der Waals surface area (Å²) < 4.78 is 24.4. The summed E-state index contributed by atoms with van der Waals surface area (Å²) in [7, 11) is 3.29. The van der Waals surface area contributed by atoms with Crippen LogP contribution >= 0.6 is 15.9 Å². The third-order valence-electron chi connectivity index (χ3n) is 5.14. The van der Waals surface area contributed by atoms with Crippen LogP contribution in [0.2, 0.25) is 0 Å². The van der Waals surface area contributed by atoms with Crippen LogP contribution in [-0.4, -0.2) is 38.1 Å². The molecule has 0 saturated carbocycles. The van der Waals surface area contributed by atoms with Gasteiger partial charge in [-0.2, -0.15) is 0 Å². The maximum atomic E-state index is 9.72. The zero-order valence-corrected chi connectivity index (χ0v) is 18.0. The van der Waals surface area contributed by atoms with E-state index >= 15 is 0 Å². The van der Waals surface area contributed by atoms with E-state index in [0.717, 1.165) is 22.0 Å². The van der Waals surface area contributed by atoms with Crippen LogP contribution in [0.25, 0.3) is 0 Å². The minimum Gasteiger partial charge on any atom is -0.492 e. The van der Waals surface area contributed by atoms with Gasteiger partial charge in [-0.1, -0.05) is 53.2 Å². The zero-order valence-electron chi connectivity index (χ0n) is 16.4. The number of benzene rings is 2. The second kappa shape index (κ2) is 9.74. The normalized spacial score (nSPS) is 24.8. The van der Waals surface area contributed by atoms with Gasteiger partial charge in [0.25, 0.3) is 0 Å². The van der Waals surface area contributed by atoms with E-state index in [4.69, 9.17) is 18.9 Å². The lowest BCUT2D eigenvalue weighted by Gasteiger charge is -2.39. The van der Waals surface area contributed by atoms with E-state index in [2.05, 4.69) is 22.9 Å². The van der Waals surface area contributed by atoms with Gasteiger partial charge >= 0.3 is 0 Å². The second-order valence-corrected chi connectivity index (χ2v) is 7.98. The first-order valence-corrected chi connectivity index (χ1v) is 10.2. The SMILES string of the molecule is COc1c(OCc2ccccc2)cc(Br)cc1[C@H]1O[C@H](CO)[C@@H](OC)C[C@@H]1C. The molecule has 2 aromatic carbocycles. The van der Waals surface area contributed by atoms with Crippen molar-refractivity contribution in [3.05, 3.63) is 58.1 Å². The molecule has 1 saturated heterocycles. The van der Waals surface area contributed by atoms with Crippen LogP contribution in [0, 0.1) is 5.92 Å². The Balaban J connectivity index is 1.89. The Labute approximate surface area is 174 Å². The highest BCUT2D eigenvalue weighted by atomic mass is 79.9. The van der Waals surface area contributed by atoms with Crippen LogP contribution in [0.1, 0.15) is 30.6 Å². The Kier molecular flexibility index (Phi) is 7.35. The van der Waals surface area contributed by atoms with Gasteiger partial charge in [-0.15, -0.1) is 0 Å². The minimum atomic E-state index is -0.372. The summed E-state index contributed by atoms with van der Waals surface area (Å²) in [6.07, 6.45) is 0.0734. The van der Waals surface area contributed by atoms with Crippen LogP contribution < -0.4 is 9.47 Å². The summed E-state index contributed by atoms with van der Waals surface area (Å²) in [5.74, 6) is 1.50. The van der Waals surface area contributed by atoms with Crippen molar-refractivity contribution >= 4 is 15.9 Å². The molecule has 0 aromatic heterocycles. The van der Waals surface area contributed by atoms with Gasteiger partial charge in [0.1, 0.15) is 12.7 Å². The van der Waals surface area contributed by atoms with E-state index in [-0.39, 0.29) is 30.8 Å². The van der Waals surface area contributed by atoms with Gasteiger partial charge in [0.2, 0.25) is 0 Å². The molecule has 0 radical (unpaired) electrons. The van der Waals surface area contributed by atoms with Gasteiger partial charge in [-0.25, -0.2) is 0 Å². The number of aliphatic hydroxyl groups is 1. The van der Waals surface area contributed by atoms with Gasteiger partial charge in [0, 0.05) is 17.1 Å². The molecule has 2 aromatic rings. The fraction of sp³-hybridized carbons (Fsp3) is 0.455. The lowest BCUT2D eigenvalue weighted by molar-refractivity contribution is -0.167. The van der Waals surface area contributed by atoms with Crippen molar-refractivity contribution < 1.29 is 24.1 Å². The Bertz CT molecular complexity index is 767. The first-order chi connectivity index (χ1) is 13.6. The Morgan fingerprint density at radius 1 is 1.18 bits per heavy atom. The van der Waals surface area contributed by atoms with E-state index in [1.165, 1.54) is 0 Å². The third kappa shape index (κ3) is 4.69. The maximum absolute atomic E-state index is 9.72. The number of hydrogen-bond acceptors (Lipinski definition) is 5. The summed E-state index contributed by atoms with van der Waals surface area (Å²) in [5, 5.41) is 9.72. The van der Waals surface area contributed by atoms with Gasteiger partial charge < -0.3 is 24.1 Å². The molecule has 152 valence electrons. The van der Waals surface area contributed by atoms with Crippen molar-refractivity contribution in [1.29, 1.82) is 0 Å². The summed E-state index contributed by atoms with van der Waals surface area (Å²) >= 11 is 3.58. The lowest BCUT2D eigenvalue weighted by Crippen LogP contribution is -2.42. The van der Waals surface area contributed by atoms with Crippen molar-refractivity contribution in [2.45, 2.75) is 38.3 Å². The lowest BCUT2D eigenvalue weighted by atomic mass is 9.87. The van der Waals surface area contributed by atoms with Crippen molar-refractivity contribution in [1.82, 2.24) is 0 Å². The fourth-order valence-electron chi connectivity index (χ4n) is 3.70. The molecule has 1 fully saturated rings. The van der Waals surface area contributed by atoms with Crippen molar-refractivity contribution in [3.8, 4) is 11.5 Å². The standard InChI is InChI=1S/C22H27BrO5/c1-14-9-18(25-2)20(12-24)28-21(14)17-10-16(23)11-19(22(17)26-3)27-13-15-7-5-4-6-8-15/h4-8,10-11,14,18,20-21,24H,9,12-13H2,1-3H3/t14-,18-,20+,21-/m0/s1. The molecule has 5 nitrogen and oxygen atoms in total. The summed E-state index contributed by atoms with van der Waals surface area (Å²) in [4.78, 5) is 0. The van der Waals surface area contributed by atoms with Crippen LogP contribution in [0.15, 0.2) is 46.9 Å². The number of hydrogen-bond donors (Lipinski definition) is 1. The number of methoxy groups -OCH3 is 2. The second-order valence-electron chi connectivity index (χ2n) is 7.07. The first-order valence-electron chi connectivity index (χ1n) is 9.40. The Morgan fingerprint density at radius 3 is 2.57 bits per heavy atom. The maximum Gasteiger partial charge on any atom is 0.166 e. The van der Waals surface area contributed by atoms with E-state index in [0.29, 0.717) is 18.1 Å². The molecule has 1 heterocycles. The van der Waals surface area contributed by atoms with Crippen molar-refractivity contribution in [2.75, 3.05) is 20.8 Å². The van der Waals surface area contributed by atoms with Gasteiger partial charge in [0.05, 0.1) is 25.9 Å². The number of ether oxygens (including phenoxy) is 4. The van der Waals surface area contributed by atoms with Gasteiger partial charge in [-0.05, 0) is 30.0 Å². The van der Waals surface area contributed by atoms with Crippen molar-refractivity contribution in [3.63, 3.8) is 0 Å². The molecule has 3 rings (SSSR count). The van der Waals surface area contributed by atoms with Crippen LogP contribution in [0.5, 0.6) is 11.5 Å². The molecule has 0 unspecified atom stereocenters. The average molecular weight is 451 g/mol. The van der Waals surface area contributed by atoms with Crippen LogP contribution in [0.4, 0.5) is 0 Å². The summed E-state index contributed by atoms with van der Waals surface area (Å²) in [6, 6.07) is 13.9. The Hall–Kier alpha value is -1.60. The predicted octanol–water partition coefficient (Wildman–Crippen LogP) is 4.51. The molecular formula is C22H27BrO5. The van der Waals surface area contributed by atoms with E-state index in [1.54, 1.807) is 14.2 Å².